The molecule has 0 heterocycles. The van der Waals surface area contributed by atoms with Crippen molar-refractivity contribution in [3.8, 4) is 5.75 Å². The lowest BCUT2D eigenvalue weighted by molar-refractivity contribution is -0.127. The molecule has 0 saturated heterocycles. The average molecular weight is 399 g/mol. The van der Waals surface area contributed by atoms with E-state index < -0.39 is 0 Å². The van der Waals surface area contributed by atoms with Crippen LogP contribution in [-0.2, 0) is 4.79 Å². The Labute approximate surface area is 152 Å². The van der Waals surface area contributed by atoms with E-state index in [0.29, 0.717) is 12.5 Å². The molecule has 0 aliphatic heterocycles. The molecule has 1 unspecified atom stereocenters. The summed E-state index contributed by atoms with van der Waals surface area (Å²) < 4.78 is 6.82. The van der Waals surface area contributed by atoms with Gasteiger partial charge in [0.05, 0.1) is 11.0 Å². The van der Waals surface area contributed by atoms with Gasteiger partial charge in [-0.25, -0.2) is 4.99 Å². The van der Waals surface area contributed by atoms with Crippen LogP contribution in [0.3, 0.4) is 0 Å². The molecular weight excluding hydrogens is 372 g/mol. The van der Waals surface area contributed by atoms with Crippen molar-refractivity contribution in [1.29, 1.82) is 0 Å². The van der Waals surface area contributed by atoms with Crippen molar-refractivity contribution in [2.45, 2.75) is 26.4 Å². The molecule has 0 fully saturated rings. The fraction of sp³-hybridized carbons (Fsp3) is 0.529. The van der Waals surface area contributed by atoms with Crippen molar-refractivity contribution in [3.63, 3.8) is 0 Å². The van der Waals surface area contributed by atoms with Crippen LogP contribution >= 0.6 is 15.9 Å². The Kier molecular flexibility index (Phi) is 9.22. The lowest BCUT2D eigenvalue weighted by Gasteiger charge is -2.18. The van der Waals surface area contributed by atoms with Gasteiger partial charge in [0, 0.05) is 20.6 Å². The van der Waals surface area contributed by atoms with Gasteiger partial charge in [-0.05, 0) is 41.4 Å². The van der Waals surface area contributed by atoms with Crippen LogP contribution in [0.1, 0.15) is 20.3 Å². The van der Waals surface area contributed by atoms with E-state index in [1.54, 1.807) is 14.1 Å². The first-order chi connectivity index (χ1) is 11.4. The predicted octanol–water partition coefficient (Wildman–Crippen LogP) is 2.25. The number of hydrogen-bond donors (Lipinski definition) is 2. The number of guanidine groups is 1. The van der Waals surface area contributed by atoms with Gasteiger partial charge in [-0.15, -0.1) is 0 Å². The number of hydrogen-bond acceptors (Lipinski definition) is 3. The number of halogens is 1. The van der Waals surface area contributed by atoms with E-state index in [1.165, 1.54) is 4.90 Å². The molecule has 1 aromatic carbocycles. The molecule has 1 rings (SSSR count). The van der Waals surface area contributed by atoms with Crippen molar-refractivity contribution < 1.29 is 9.53 Å². The second kappa shape index (κ2) is 10.9. The summed E-state index contributed by atoms with van der Waals surface area (Å²) in [5, 5.41) is 6.41. The quantitative estimate of drug-likeness (QED) is 0.520. The molecule has 0 aliphatic carbocycles. The molecule has 0 aliphatic rings. The Morgan fingerprint density at radius 3 is 2.67 bits per heavy atom. The second-order valence-electron chi connectivity index (χ2n) is 5.62. The molecule has 24 heavy (non-hydrogen) atoms. The van der Waals surface area contributed by atoms with Gasteiger partial charge in [-0.3, -0.25) is 4.79 Å². The van der Waals surface area contributed by atoms with Gasteiger partial charge in [0.15, 0.2) is 5.96 Å². The highest BCUT2D eigenvalue weighted by Gasteiger charge is 2.09. The maximum absolute atomic E-state index is 11.7. The first-order valence-corrected chi connectivity index (χ1v) is 8.86. The number of rotatable bonds is 8. The molecule has 0 bridgehead atoms. The maximum Gasteiger partial charge on any atom is 0.243 e. The number of aliphatic imine (C=N–C) groups is 1. The van der Waals surface area contributed by atoms with E-state index in [1.807, 2.05) is 31.2 Å². The highest BCUT2D eigenvalue weighted by atomic mass is 79.9. The number of amides is 1. The van der Waals surface area contributed by atoms with Crippen molar-refractivity contribution >= 4 is 27.8 Å². The average Bonchev–Trinajstić information content (AvgIpc) is 2.55. The lowest BCUT2D eigenvalue weighted by atomic mass is 10.3. The third kappa shape index (κ3) is 7.68. The predicted molar refractivity (Wildman–Crippen MR) is 102 cm³/mol. The van der Waals surface area contributed by atoms with Gasteiger partial charge in [0.1, 0.15) is 18.4 Å². The Hall–Kier alpha value is -1.76. The van der Waals surface area contributed by atoms with Gasteiger partial charge in [0.2, 0.25) is 5.91 Å². The Morgan fingerprint density at radius 2 is 2.04 bits per heavy atom. The highest BCUT2D eigenvalue weighted by molar-refractivity contribution is 9.10. The molecule has 0 spiro atoms. The van der Waals surface area contributed by atoms with E-state index >= 15 is 0 Å². The van der Waals surface area contributed by atoms with Gasteiger partial charge < -0.3 is 20.3 Å². The van der Waals surface area contributed by atoms with Crippen LogP contribution in [-0.4, -0.2) is 56.6 Å². The SMILES string of the molecule is CCCNC(=NCC(=O)N(C)C)NCC(C)Oc1ccccc1Br. The van der Waals surface area contributed by atoms with Gasteiger partial charge in [-0.2, -0.15) is 0 Å². The van der Waals surface area contributed by atoms with Crippen molar-refractivity contribution in [3.05, 3.63) is 28.7 Å². The summed E-state index contributed by atoms with van der Waals surface area (Å²) in [6.45, 7) is 5.54. The number of para-hydroxylation sites is 1. The normalized spacial score (nSPS) is 12.5. The van der Waals surface area contributed by atoms with E-state index in [9.17, 15) is 4.79 Å². The first-order valence-electron chi connectivity index (χ1n) is 8.07. The van der Waals surface area contributed by atoms with Gasteiger partial charge in [-0.1, -0.05) is 19.1 Å². The molecule has 134 valence electrons. The van der Waals surface area contributed by atoms with Crippen molar-refractivity contribution in [2.75, 3.05) is 33.7 Å². The Balaban J connectivity index is 2.55. The summed E-state index contributed by atoms with van der Waals surface area (Å²) in [6, 6.07) is 7.74. The molecule has 1 amide bonds. The molecular formula is C17H27BrN4O2. The summed E-state index contributed by atoms with van der Waals surface area (Å²) >= 11 is 3.47. The maximum atomic E-state index is 11.7. The summed E-state index contributed by atoms with van der Waals surface area (Å²) in [4.78, 5) is 17.5. The standard InChI is InChI=1S/C17H27BrN4O2/c1-5-10-19-17(21-12-16(23)22(3)4)20-11-13(2)24-15-9-7-6-8-14(15)18/h6-9,13H,5,10-12H2,1-4H3,(H2,19,20,21). The summed E-state index contributed by atoms with van der Waals surface area (Å²) in [5.74, 6) is 1.38. The largest absolute Gasteiger partial charge is 0.488 e. The minimum Gasteiger partial charge on any atom is -0.488 e. The summed E-state index contributed by atoms with van der Waals surface area (Å²) in [5.41, 5.74) is 0. The first kappa shape index (κ1) is 20.3. The van der Waals surface area contributed by atoms with Gasteiger partial charge in [0.25, 0.3) is 0 Å². The number of likely N-dealkylation sites (N-methyl/N-ethyl adjacent to an activating group) is 1. The number of ether oxygens (including phenoxy) is 1. The van der Waals surface area contributed by atoms with E-state index in [0.717, 1.165) is 23.2 Å². The van der Waals surface area contributed by atoms with Crippen LogP contribution < -0.4 is 15.4 Å². The van der Waals surface area contributed by atoms with Crippen molar-refractivity contribution in [1.82, 2.24) is 15.5 Å². The third-order valence-electron chi connectivity index (χ3n) is 3.14. The van der Waals surface area contributed by atoms with Crippen LogP contribution in [0, 0.1) is 0 Å². The van der Waals surface area contributed by atoms with Crippen LogP contribution in [0.5, 0.6) is 5.75 Å². The highest BCUT2D eigenvalue weighted by Crippen LogP contribution is 2.24. The van der Waals surface area contributed by atoms with E-state index in [-0.39, 0.29) is 18.6 Å². The molecule has 1 atom stereocenters. The molecule has 6 nitrogen and oxygen atoms in total. The summed E-state index contributed by atoms with van der Waals surface area (Å²) in [6.07, 6.45) is 0.924. The Morgan fingerprint density at radius 1 is 1.33 bits per heavy atom. The van der Waals surface area contributed by atoms with Crippen molar-refractivity contribution in [2.24, 2.45) is 4.99 Å². The minimum atomic E-state index is -0.0538. The molecule has 0 saturated carbocycles. The monoisotopic (exact) mass is 398 g/mol. The molecule has 0 aromatic heterocycles. The van der Waals surface area contributed by atoms with Crippen LogP contribution in [0.4, 0.5) is 0 Å². The van der Waals surface area contributed by atoms with E-state index in [4.69, 9.17) is 4.74 Å². The number of benzene rings is 1. The molecule has 0 radical (unpaired) electrons. The smallest absolute Gasteiger partial charge is 0.243 e. The zero-order valence-electron chi connectivity index (χ0n) is 14.8. The number of nitrogens with one attached hydrogen (secondary N) is 2. The fourth-order valence-electron chi connectivity index (χ4n) is 1.74. The molecule has 2 N–H and O–H groups in total. The molecule has 7 heteroatoms. The zero-order valence-corrected chi connectivity index (χ0v) is 16.4. The van der Waals surface area contributed by atoms with Crippen LogP contribution in [0.25, 0.3) is 0 Å². The van der Waals surface area contributed by atoms with E-state index in [2.05, 4.69) is 38.5 Å². The summed E-state index contributed by atoms with van der Waals surface area (Å²) in [7, 11) is 3.44. The lowest BCUT2D eigenvalue weighted by Crippen LogP contribution is -2.42. The second-order valence-corrected chi connectivity index (χ2v) is 6.47. The fourth-order valence-corrected chi connectivity index (χ4v) is 2.12. The van der Waals surface area contributed by atoms with Crippen LogP contribution in [0.2, 0.25) is 0 Å². The number of nitrogens with zero attached hydrogens (tertiary/aromatic N) is 2. The van der Waals surface area contributed by atoms with Gasteiger partial charge >= 0.3 is 0 Å². The minimum absolute atomic E-state index is 0.0369. The number of carbonyl (C=O) groups excluding carboxylic acids is 1. The third-order valence-corrected chi connectivity index (χ3v) is 3.79. The zero-order chi connectivity index (χ0) is 17.9. The van der Waals surface area contributed by atoms with Crippen LogP contribution in [0.15, 0.2) is 33.7 Å². The number of carbonyl (C=O) groups is 1. The topological polar surface area (TPSA) is 66.0 Å². The molecule has 1 aromatic rings. The Bertz CT molecular complexity index is 549.